The lowest BCUT2D eigenvalue weighted by Crippen LogP contribution is -2.32. The number of nitrogens with zero attached hydrogens (tertiary/aromatic N) is 2. The molecule has 0 atom stereocenters. The molecule has 0 unspecified atom stereocenters. The summed E-state index contributed by atoms with van der Waals surface area (Å²) >= 11 is 0. The minimum Gasteiger partial charge on any atom is -0.302 e. The Morgan fingerprint density at radius 1 is 0.792 bits per heavy atom. The van der Waals surface area contributed by atoms with Gasteiger partial charge in [0.25, 0.3) is 0 Å². The quantitative estimate of drug-likeness (QED) is 0.325. The van der Waals surface area contributed by atoms with Gasteiger partial charge in [0.2, 0.25) is 0 Å². The third kappa shape index (κ3) is 7.11. The van der Waals surface area contributed by atoms with Gasteiger partial charge in [-0.25, -0.2) is 0 Å². The topological polar surface area (TPSA) is 83.1 Å². The van der Waals surface area contributed by atoms with Gasteiger partial charge in [0, 0.05) is 0 Å². The molecule has 0 N–H and O–H groups in total. The SMILES string of the molecule is C=CCC(CC#N)(CC=C)O[PH](=O)OC(CC#N)(CC=C)CC=C. The van der Waals surface area contributed by atoms with E-state index in [1.807, 2.05) is 12.1 Å². The molecule has 0 bridgehead atoms. The Labute approximate surface area is 145 Å². The van der Waals surface area contributed by atoms with E-state index in [1.165, 1.54) is 0 Å². The van der Waals surface area contributed by atoms with Crippen molar-refractivity contribution in [2.75, 3.05) is 0 Å². The van der Waals surface area contributed by atoms with Crippen LogP contribution in [0.15, 0.2) is 50.6 Å². The average Bonchev–Trinajstić information content (AvgIpc) is 2.48. The zero-order valence-electron chi connectivity index (χ0n) is 14.0. The van der Waals surface area contributed by atoms with E-state index in [0.717, 1.165) is 0 Å². The van der Waals surface area contributed by atoms with Crippen LogP contribution in [0.25, 0.3) is 0 Å². The third-order valence-electron chi connectivity index (χ3n) is 3.47. The summed E-state index contributed by atoms with van der Waals surface area (Å²) in [4.78, 5) is 0. The highest BCUT2D eigenvalue weighted by Gasteiger charge is 2.36. The van der Waals surface area contributed by atoms with Gasteiger partial charge in [-0.15, -0.1) is 26.3 Å². The minimum absolute atomic E-state index is 0.0268. The summed E-state index contributed by atoms with van der Waals surface area (Å²) in [6, 6.07) is 4.08. The number of hydrogen-bond donors (Lipinski definition) is 0. The van der Waals surface area contributed by atoms with Gasteiger partial charge in [-0.1, -0.05) is 24.3 Å². The molecule has 5 nitrogen and oxygen atoms in total. The van der Waals surface area contributed by atoms with Crippen LogP contribution in [0.5, 0.6) is 0 Å². The molecule has 0 aliphatic carbocycles. The molecular weight excluding hydrogens is 323 g/mol. The van der Waals surface area contributed by atoms with E-state index >= 15 is 0 Å². The van der Waals surface area contributed by atoms with Crippen molar-refractivity contribution < 1.29 is 13.6 Å². The second kappa shape index (κ2) is 11.6. The van der Waals surface area contributed by atoms with Crippen LogP contribution in [0.3, 0.4) is 0 Å². The maximum Gasteiger partial charge on any atom is 0.320 e. The molecule has 0 rings (SSSR count). The lowest BCUT2D eigenvalue weighted by atomic mass is 9.92. The van der Waals surface area contributed by atoms with Crippen LogP contribution in [0.2, 0.25) is 0 Å². The van der Waals surface area contributed by atoms with Crippen LogP contribution >= 0.6 is 8.25 Å². The Morgan fingerprint density at radius 3 is 1.29 bits per heavy atom. The molecule has 0 spiro atoms. The lowest BCUT2D eigenvalue weighted by molar-refractivity contribution is 0.0197. The molecule has 0 aliphatic rings. The zero-order chi connectivity index (χ0) is 18.5. The van der Waals surface area contributed by atoms with E-state index < -0.39 is 19.5 Å². The lowest BCUT2D eigenvalue weighted by Gasteiger charge is -2.33. The Hall–Kier alpha value is -1.91. The van der Waals surface area contributed by atoms with Gasteiger partial charge in [-0.3, -0.25) is 4.57 Å². The van der Waals surface area contributed by atoms with Crippen molar-refractivity contribution in [3.05, 3.63) is 50.6 Å². The molecule has 0 aromatic heterocycles. The molecule has 130 valence electrons. The molecular formula is C18H25N2O3P. The molecule has 0 amide bonds. The van der Waals surface area contributed by atoms with Crippen molar-refractivity contribution >= 4 is 8.25 Å². The second-order valence-electron chi connectivity index (χ2n) is 5.46. The highest BCUT2D eigenvalue weighted by molar-refractivity contribution is 7.33. The van der Waals surface area contributed by atoms with Crippen molar-refractivity contribution in [2.45, 2.75) is 49.7 Å². The molecule has 0 saturated carbocycles. The largest absolute Gasteiger partial charge is 0.320 e. The monoisotopic (exact) mass is 348 g/mol. The number of hydrogen-bond acceptors (Lipinski definition) is 5. The molecule has 24 heavy (non-hydrogen) atoms. The first-order chi connectivity index (χ1) is 11.5. The van der Waals surface area contributed by atoms with Gasteiger partial charge in [-0.05, 0) is 25.7 Å². The van der Waals surface area contributed by atoms with Gasteiger partial charge in [-0.2, -0.15) is 10.5 Å². The normalized spacial score (nSPS) is 11.3. The van der Waals surface area contributed by atoms with Crippen LogP contribution in [-0.2, 0) is 13.6 Å². The minimum atomic E-state index is -2.98. The Kier molecular flexibility index (Phi) is 10.7. The van der Waals surface area contributed by atoms with Crippen LogP contribution < -0.4 is 0 Å². The molecule has 6 heteroatoms. The molecule has 0 aliphatic heterocycles. The number of nitriles is 2. The highest BCUT2D eigenvalue weighted by Crippen LogP contribution is 2.44. The standard InChI is InChI=1S/C18H25N2O3P/c1-5-9-17(10-6-2,13-15-19)22-24(21)23-18(11-7-3,12-8-4)14-16-20/h5-8,24H,1-4,9-14H2. The fraction of sp³-hybridized carbons (Fsp3) is 0.444. The fourth-order valence-corrected chi connectivity index (χ4v) is 3.64. The Bertz CT molecular complexity index is 490. The fourth-order valence-electron chi connectivity index (χ4n) is 2.41. The van der Waals surface area contributed by atoms with Crippen molar-refractivity contribution in [2.24, 2.45) is 0 Å². The highest BCUT2D eigenvalue weighted by atomic mass is 31.1. The summed E-state index contributed by atoms with van der Waals surface area (Å²) in [6.07, 6.45) is 7.80. The predicted molar refractivity (Wildman–Crippen MR) is 96.3 cm³/mol. The van der Waals surface area contributed by atoms with E-state index in [-0.39, 0.29) is 12.8 Å². The molecule has 0 heterocycles. The Balaban J connectivity index is 5.39. The van der Waals surface area contributed by atoms with Crippen LogP contribution in [0, 0.1) is 22.7 Å². The Morgan fingerprint density at radius 2 is 1.08 bits per heavy atom. The van der Waals surface area contributed by atoms with Gasteiger partial charge in [0.1, 0.15) is 0 Å². The second-order valence-corrected chi connectivity index (χ2v) is 6.37. The van der Waals surface area contributed by atoms with Crippen LogP contribution in [0.4, 0.5) is 0 Å². The van der Waals surface area contributed by atoms with Crippen molar-refractivity contribution in [1.82, 2.24) is 0 Å². The molecule has 0 aromatic carbocycles. The van der Waals surface area contributed by atoms with E-state index in [4.69, 9.17) is 19.6 Å². The van der Waals surface area contributed by atoms with E-state index in [0.29, 0.717) is 25.7 Å². The maximum absolute atomic E-state index is 12.5. The summed E-state index contributed by atoms with van der Waals surface area (Å²) in [5.41, 5.74) is -1.98. The van der Waals surface area contributed by atoms with Crippen molar-refractivity contribution in [1.29, 1.82) is 10.5 Å². The zero-order valence-corrected chi connectivity index (χ0v) is 15.0. The molecule has 0 aromatic rings. The van der Waals surface area contributed by atoms with Crippen LogP contribution in [-0.4, -0.2) is 11.2 Å². The van der Waals surface area contributed by atoms with Crippen molar-refractivity contribution in [3.63, 3.8) is 0 Å². The summed E-state index contributed by atoms with van der Waals surface area (Å²) < 4.78 is 23.8. The summed E-state index contributed by atoms with van der Waals surface area (Å²) in [5.74, 6) is 0. The smallest absolute Gasteiger partial charge is 0.302 e. The van der Waals surface area contributed by atoms with Crippen LogP contribution in [0.1, 0.15) is 38.5 Å². The van der Waals surface area contributed by atoms with Gasteiger partial charge < -0.3 is 9.05 Å². The van der Waals surface area contributed by atoms with Gasteiger partial charge in [0.15, 0.2) is 0 Å². The van der Waals surface area contributed by atoms with Gasteiger partial charge >= 0.3 is 8.25 Å². The number of rotatable bonds is 14. The summed E-state index contributed by atoms with van der Waals surface area (Å²) in [7, 11) is -2.98. The average molecular weight is 348 g/mol. The van der Waals surface area contributed by atoms with E-state index in [1.54, 1.807) is 24.3 Å². The predicted octanol–water partition coefficient (Wildman–Crippen LogP) is 5.02. The molecule has 0 saturated heterocycles. The molecule has 0 radical (unpaired) electrons. The van der Waals surface area contributed by atoms with Gasteiger partial charge in [0.05, 0.1) is 36.2 Å². The third-order valence-corrected chi connectivity index (χ3v) is 4.67. The van der Waals surface area contributed by atoms with E-state index in [2.05, 4.69) is 26.3 Å². The van der Waals surface area contributed by atoms with E-state index in [9.17, 15) is 4.57 Å². The maximum atomic E-state index is 12.5. The first-order valence-electron chi connectivity index (χ1n) is 7.56. The first-order valence-corrected chi connectivity index (χ1v) is 8.79. The summed E-state index contributed by atoms with van der Waals surface area (Å²) in [5, 5.41) is 18.1. The summed E-state index contributed by atoms with van der Waals surface area (Å²) in [6.45, 7) is 14.6. The van der Waals surface area contributed by atoms with Crippen molar-refractivity contribution in [3.8, 4) is 12.1 Å². The first kappa shape index (κ1) is 22.1. The molecule has 0 fully saturated rings.